The summed E-state index contributed by atoms with van der Waals surface area (Å²) in [5.41, 5.74) is 0.167. The zero-order valence-corrected chi connectivity index (χ0v) is 15.1. The van der Waals surface area contributed by atoms with Crippen LogP contribution in [-0.4, -0.2) is 42.1 Å². The number of pyridine rings is 1. The number of ketones is 1. The van der Waals surface area contributed by atoms with Crippen molar-refractivity contribution in [2.24, 2.45) is 0 Å². The molecule has 0 radical (unpaired) electrons. The molecule has 0 aliphatic rings. The van der Waals surface area contributed by atoms with E-state index in [0.29, 0.717) is 45.9 Å². The van der Waals surface area contributed by atoms with Crippen LogP contribution < -0.4 is 15.0 Å². The number of H-pyrrole nitrogens is 1. The number of benzene rings is 1. The molecule has 2 N–H and O–H groups in total. The first-order valence-electron chi connectivity index (χ1n) is 7.52. The van der Waals surface area contributed by atoms with Gasteiger partial charge < -0.3 is 24.4 Å². The fourth-order valence-corrected chi connectivity index (χ4v) is 4.14. The minimum atomic E-state index is -0.463. The second-order valence-corrected chi connectivity index (χ2v) is 7.62. The van der Waals surface area contributed by atoms with Gasteiger partial charge in [0.05, 0.1) is 19.7 Å². The Hall–Kier alpha value is -2.15. The Morgan fingerprint density at radius 1 is 1.25 bits per heavy atom. The maximum atomic E-state index is 12.4. The average Bonchev–Trinajstić information content (AvgIpc) is 2.53. The molecule has 0 aliphatic carbocycles. The molecule has 1 atom stereocenters. The van der Waals surface area contributed by atoms with Gasteiger partial charge in [0.15, 0.2) is 17.2 Å². The Labute approximate surface area is 143 Å². The lowest BCUT2D eigenvalue weighted by atomic mass is 10.2. The lowest BCUT2D eigenvalue weighted by Gasteiger charge is -2.11. The van der Waals surface area contributed by atoms with Gasteiger partial charge in [-0.1, -0.05) is 0 Å². The van der Waals surface area contributed by atoms with Crippen LogP contribution in [0.25, 0.3) is 10.9 Å². The Morgan fingerprint density at radius 2 is 1.88 bits per heavy atom. The van der Waals surface area contributed by atoms with Crippen LogP contribution in [0.2, 0.25) is 0 Å². The lowest BCUT2D eigenvalue weighted by molar-refractivity contribution is -0.117. The van der Waals surface area contributed by atoms with Crippen LogP contribution in [0.4, 0.5) is 0 Å². The third-order valence-corrected chi connectivity index (χ3v) is 5.75. The topological polar surface area (TPSA) is 88.6 Å². The zero-order valence-electron chi connectivity index (χ0n) is 14.3. The first kappa shape index (κ1) is 18.2. The fraction of sp³-hybridized carbons (Fsp3) is 0.412. The van der Waals surface area contributed by atoms with Crippen LogP contribution in [0.5, 0.6) is 17.2 Å². The molecule has 1 aromatic heterocycles. The largest absolute Gasteiger partial charge is 0.503 e. The molecule has 0 saturated heterocycles. The Kier molecular flexibility index (Phi) is 5.77. The highest BCUT2D eigenvalue weighted by molar-refractivity contribution is 7.96. The van der Waals surface area contributed by atoms with Gasteiger partial charge in [0.2, 0.25) is 0 Å². The van der Waals surface area contributed by atoms with Gasteiger partial charge >= 0.3 is 5.56 Å². The third-order valence-electron chi connectivity index (χ3n) is 3.78. The van der Waals surface area contributed by atoms with E-state index in [4.69, 9.17) is 9.47 Å². The van der Waals surface area contributed by atoms with Crippen molar-refractivity contribution in [1.82, 2.24) is 4.98 Å². The van der Waals surface area contributed by atoms with E-state index in [2.05, 4.69) is 4.98 Å². The molecular weight excluding hydrogens is 330 g/mol. The van der Waals surface area contributed by atoms with E-state index in [1.165, 1.54) is 14.2 Å². The van der Waals surface area contributed by atoms with Gasteiger partial charge in [-0.15, -0.1) is 0 Å². The third kappa shape index (κ3) is 3.67. The number of carbonyl (C=O) groups excluding carboxylic acids is 1. The highest BCUT2D eigenvalue weighted by atomic mass is 32.2. The number of hydrogen-bond donors (Lipinski definition) is 2. The van der Waals surface area contributed by atoms with Crippen molar-refractivity contribution in [3.8, 4) is 17.2 Å². The van der Waals surface area contributed by atoms with Crippen LogP contribution in [0.1, 0.15) is 19.8 Å². The molecule has 0 spiro atoms. The number of rotatable bonds is 7. The van der Waals surface area contributed by atoms with Crippen LogP contribution in [0, 0.1) is 0 Å². The summed E-state index contributed by atoms with van der Waals surface area (Å²) in [5, 5.41) is 11.1. The molecule has 1 unspecified atom stereocenters. The van der Waals surface area contributed by atoms with Gasteiger partial charge in [-0.25, -0.2) is 0 Å². The van der Waals surface area contributed by atoms with E-state index < -0.39 is 10.9 Å². The Bertz CT molecular complexity index is 815. The number of aromatic hydroxyl groups is 1. The molecule has 0 amide bonds. The second-order valence-electron chi connectivity index (χ2n) is 5.53. The van der Waals surface area contributed by atoms with Crippen LogP contribution in [0.15, 0.2) is 21.8 Å². The van der Waals surface area contributed by atoms with Crippen molar-refractivity contribution in [1.29, 1.82) is 0 Å². The predicted octanol–water partition coefficient (Wildman–Crippen LogP) is 2.23. The summed E-state index contributed by atoms with van der Waals surface area (Å²) in [6, 6.07) is 3.28. The normalized spacial score (nSPS) is 12.2. The van der Waals surface area contributed by atoms with Crippen molar-refractivity contribution >= 4 is 27.6 Å². The number of methoxy groups -OCH3 is 2. The van der Waals surface area contributed by atoms with E-state index >= 15 is 0 Å². The molecule has 6 nitrogen and oxygen atoms in total. The van der Waals surface area contributed by atoms with Crippen molar-refractivity contribution in [2.75, 3.05) is 26.2 Å². The van der Waals surface area contributed by atoms with E-state index in [1.807, 2.05) is 6.26 Å². The summed E-state index contributed by atoms with van der Waals surface area (Å²) < 4.78 is 10.5. The first-order valence-corrected chi connectivity index (χ1v) is 9.32. The first-order chi connectivity index (χ1) is 11.4. The molecular formula is C17H22NO5S+. The minimum absolute atomic E-state index is 0.0386. The summed E-state index contributed by atoms with van der Waals surface area (Å²) >= 11 is 0. The smallest absolute Gasteiger partial charge is 0.307 e. The number of hydrogen-bond acceptors (Lipinski definition) is 5. The lowest BCUT2D eigenvalue weighted by Crippen LogP contribution is -2.20. The molecule has 0 saturated carbocycles. The number of Topliss-reactive ketones (excluding diaryl/α,β-unsaturated/α-hetero) is 1. The van der Waals surface area contributed by atoms with Gasteiger partial charge in [0.25, 0.3) is 4.90 Å². The van der Waals surface area contributed by atoms with Gasteiger partial charge in [-0.3, -0.25) is 4.79 Å². The molecule has 24 heavy (non-hydrogen) atoms. The fourth-order valence-electron chi connectivity index (χ4n) is 2.55. The molecule has 7 heteroatoms. The molecule has 0 aliphatic heterocycles. The number of fused-ring (bicyclic) bond motifs is 1. The van der Waals surface area contributed by atoms with E-state index in [-0.39, 0.29) is 17.1 Å². The monoisotopic (exact) mass is 352 g/mol. The van der Waals surface area contributed by atoms with Gasteiger partial charge in [-0.05, 0) is 19.4 Å². The van der Waals surface area contributed by atoms with E-state index in [9.17, 15) is 14.7 Å². The summed E-state index contributed by atoms with van der Waals surface area (Å²) in [5.74, 6) is 1.72. The van der Waals surface area contributed by atoms with Crippen molar-refractivity contribution in [2.45, 2.75) is 24.7 Å². The number of aromatic amines is 1. The van der Waals surface area contributed by atoms with E-state index in [0.717, 1.165) is 0 Å². The summed E-state index contributed by atoms with van der Waals surface area (Å²) in [4.78, 5) is 26.6. The molecule has 2 rings (SSSR count). The van der Waals surface area contributed by atoms with Crippen LogP contribution in [-0.2, 0) is 15.7 Å². The maximum Gasteiger partial charge on any atom is 0.307 e. The number of ether oxygens (including phenoxy) is 2. The number of carbonyl (C=O) groups is 1. The van der Waals surface area contributed by atoms with Crippen LogP contribution >= 0.6 is 0 Å². The summed E-state index contributed by atoms with van der Waals surface area (Å²) in [6.45, 7) is 1.55. The zero-order chi connectivity index (χ0) is 17.9. The quantitative estimate of drug-likeness (QED) is 0.746. The minimum Gasteiger partial charge on any atom is -0.503 e. The number of nitrogens with one attached hydrogen (secondary N) is 1. The average molecular weight is 352 g/mol. The van der Waals surface area contributed by atoms with Crippen molar-refractivity contribution in [3.05, 3.63) is 22.5 Å². The standard InChI is InChI=1S/C17H21NO5S/c1-10(19)6-5-7-24(4)16-15(20)11-8-13(22-2)14(23-3)9-12(11)18-17(16)21/h8-9H,5-7H2,1-4H3,(H-,18,20,21)/p+1. The van der Waals surface area contributed by atoms with Crippen molar-refractivity contribution in [3.63, 3.8) is 0 Å². The van der Waals surface area contributed by atoms with Gasteiger partial charge in [0.1, 0.15) is 17.8 Å². The highest BCUT2D eigenvalue weighted by Crippen LogP contribution is 2.36. The maximum absolute atomic E-state index is 12.4. The van der Waals surface area contributed by atoms with Gasteiger partial charge in [0, 0.05) is 28.8 Å². The van der Waals surface area contributed by atoms with Crippen molar-refractivity contribution < 1.29 is 19.4 Å². The van der Waals surface area contributed by atoms with Gasteiger partial charge in [-0.2, -0.15) is 0 Å². The summed E-state index contributed by atoms with van der Waals surface area (Å²) in [6.07, 6.45) is 3.07. The molecule has 0 bridgehead atoms. The van der Waals surface area contributed by atoms with E-state index in [1.54, 1.807) is 19.1 Å². The Morgan fingerprint density at radius 3 is 2.46 bits per heavy atom. The Balaban J connectivity index is 2.48. The molecule has 1 heterocycles. The predicted molar refractivity (Wildman–Crippen MR) is 95.7 cm³/mol. The molecule has 1 aromatic carbocycles. The summed E-state index contributed by atoms with van der Waals surface area (Å²) in [7, 11) is 2.56. The second kappa shape index (κ2) is 7.61. The number of aromatic nitrogens is 1. The highest BCUT2D eigenvalue weighted by Gasteiger charge is 2.27. The van der Waals surface area contributed by atoms with Crippen LogP contribution in [0.3, 0.4) is 0 Å². The molecule has 2 aromatic rings. The molecule has 130 valence electrons. The SMILES string of the molecule is COc1cc2[nH]c(=O)c([S+](C)CCCC(C)=O)c(O)c2cc1OC. The molecule has 0 fully saturated rings.